The molecule has 0 bridgehead atoms. The summed E-state index contributed by atoms with van der Waals surface area (Å²) in [6.07, 6.45) is 0. The average Bonchev–Trinajstić information content (AvgIpc) is 2.45. The van der Waals surface area contributed by atoms with E-state index in [0.29, 0.717) is 5.65 Å². The van der Waals surface area contributed by atoms with Crippen LogP contribution in [0.1, 0.15) is 0 Å². The molecule has 2 N–H and O–H groups in total. The molecule has 74 valence electrons. The summed E-state index contributed by atoms with van der Waals surface area (Å²) in [6, 6.07) is 4.47. The standard InChI is InChI=1S/C7H6F2N4O/c8-6(9)14-5-3-1-2-4-11-7(10)12-13(4)5/h1-3,6H,(H2,10,12). The molecule has 2 aromatic heterocycles. The van der Waals surface area contributed by atoms with Crippen LogP contribution < -0.4 is 10.5 Å². The highest BCUT2D eigenvalue weighted by Gasteiger charge is 2.09. The van der Waals surface area contributed by atoms with Crippen LogP contribution >= 0.6 is 0 Å². The van der Waals surface area contributed by atoms with Gasteiger partial charge in [-0.2, -0.15) is 18.3 Å². The SMILES string of the molecule is Nc1nc2cccc(OC(F)F)n2n1. The molecule has 2 rings (SSSR count). The van der Waals surface area contributed by atoms with Gasteiger partial charge in [0.1, 0.15) is 0 Å². The number of nitrogens with two attached hydrogens (primary N) is 1. The first-order valence-corrected chi connectivity index (χ1v) is 3.73. The third-order valence-electron chi connectivity index (χ3n) is 1.55. The van der Waals surface area contributed by atoms with Crippen molar-refractivity contribution in [2.45, 2.75) is 6.61 Å². The molecule has 0 aliphatic rings. The molecule has 2 aromatic rings. The van der Waals surface area contributed by atoms with Gasteiger partial charge in [-0.3, -0.25) is 0 Å². The number of pyridine rings is 1. The van der Waals surface area contributed by atoms with Crippen LogP contribution in [0.15, 0.2) is 18.2 Å². The van der Waals surface area contributed by atoms with E-state index in [-0.39, 0.29) is 11.8 Å². The molecule has 0 aliphatic carbocycles. The summed E-state index contributed by atoms with van der Waals surface area (Å²) in [5.41, 5.74) is 5.67. The number of nitrogen functional groups attached to an aromatic ring is 1. The van der Waals surface area contributed by atoms with Crippen LogP contribution in [0, 0.1) is 0 Å². The summed E-state index contributed by atoms with van der Waals surface area (Å²) in [4.78, 5) is 3.79. The first-order valence-electron chi connectivity index (χ1n) is 3.73. The summed E-state index contributed by atoms with van der Waals surface area (Å²) < 4.78 is 29.2. The molecule has 14 heavy (non-hydrogen) atoms. The van der Waals surface area contributed by atoms with Crippen molar-refractivity contribution in [2.24, 2.45) is 0 Å². The number of aromatic nitrogens is 3. The molecule has 2 heterocycles. The van der Waals surface area contributed by atoms with Crippen molar-refractivity contribution < 1.29 is 13.5 Å². The maximum absolute atomic E-state index is 11.9. The molecule has 0 amide bonds. The summed E-state index contributed by atoms with van der Waals surface area (Å²) >= 11 is 0. The van der Waals surface area contributed by atoms with Gasteiger partial charge in [-0.15, -0.1) is 5.10 Å². The van der Waals surface area contributed by atoms with Crippen LogP contribution in [0.3, 0.4) is 0 Å². The zero-order valence-corrected chi connectivity index (χ0v) is 6.89. The van der Waals surface area contributed by atoms with Crippen molar-refractivity contribution in [1.29, 1.82) is 0 Å². The number of rotatable bonds is 2. The predicted octanol–water partition coefficient (Wildman–Crippen LogP) is 0.913. The van der Waals surface area contributed by atoms with Gasteiger partial charge in [-0.1, -0.05) is 6.07 Å². The minimum absolute atomic E-state index is 0.00955. The first kappa shape index (κ1) is 8.67. The zero-order chi connectivity index (χ0) is 10.1. The maximum Gasteiger partial charge on any atom is 0.388 e. The number of ether oxygens (including phenoxy) is 1. The number of alkyl halides is 2. The van der Waals surface area contributed by atoms with E-state index in [9.17, 15) is 8.78 Å². The number of hydrogen-bond donors (Lipinski definition) is 1. The van der Waals surface area contributed by atoms with Crippen LogP contribution in [0.2, 0.25) is 0 Å². The molecule has 0 aromatic carbocycles. The Hall–Kier alpha value is -1.92. The van der Waals surface area contributed by atoms with Crippen LogP contribution in [0.5, 0.6) is 5.88 Å². The van der Waals surface area contributed by atoms with E-state index in [4.69, 9.17) is 5.73 Å². The molecule has 0 spiro atoms. The highest BCUT2D eigenvalue weighted by atomic mass is 19.3. The quantitative estimate of drug-likeness (QED) is 0.782. The van der Waals surface area contributed by atoms with E-state index in [0.717, 1.165) is 4.52 Å². The van der Waals surface area contributed by atoms with Gasteiger partial charge < -0.3 is 10.5 Å². The number of hydrogen-bond acceptors (Lipinski definition) is 4. The molecule has 5 nitrogen and oxygen atoms in total. The molecule has 7 heteroatoms. The highest BCUT2D eigenvalue weighted by molar-refractivity contribution is 5.44. The van der Waals surface area contributed by atoms with Crippen LogP contribution in [0.4, 0.5) is 14.7 Å². The fraction of sp³-hybridized carbons (Fsp3) is 0.143. The Balaban J connectivity index is 2.53. The highest BCUT2D eigenvalue weighted by Crippen LogP contribution is 2.15. The lowest BCUT2D eigenvalue weighted by Gasteiger charge is -2.04. The summed E-state index contributed by atoms with van der Waals surface area (Å²) in [6.45, 7) is -2.90. The predicted molar refractivity (Wildman–Crippen MR) is 44.0 cm³/mol. The van der Waals surface area contributed by atoms with E-state index in [1.165, 1.54) is 12.1 Å². The number of anilines is 1. The minimum Gasteiger partial charge on any atom is -0.417 e. The molecule has 0 aliphatic heterocycles. The Morgan fingerprint density at radius 2 is 2.21 bits per heavy atom. The normalized spacial score (nSPS) is 11.1. The van der Waals surface area contributed by atoms with E-state index >= 15 is 0 Å². The molecule has 0 saturated carbocycles. The molecule has 0 unspecified atom stereocenters. The fourth-order valence-corrected chi connectivity index (χ4v) is 1.08. The van der Waals surface area contributed by atoms with Gasteiger partial charge in [-0.25, -0.2) is 0 Å². The summed E-state index contributed by atoms with van der Waals surface area (Å²) in [7, 11) is 0. The van der Waals surface area contributed by atoms with E-state index in [1.54, 1.807) is 6.07 Å². The summed E-state index contributed by atoms with van der Waals surface area (Å²) in [5.74, 6) is -0.0861. The second kappa shape index (κ2) is 3.09. The Morgan fingerprint density at radius 1 is 1.43 bits per heavy atom. The van der Waals surface area contributed by atoms with Gasteiger partial charge in [0.25, 0.3) is 0 Å². The van der Waals surface area contributed by atoms with Crippen LogP contribution in [-0.2, 0) is 0 Å². The second-order valence-electron chi connectivity index (χ2n) is 2.48. The third-order valence-corrected chi connectivity index (χ3v) is 1.55. The largest absolute Gasteiger partial charge is 0.417 e. The Labute approximate surface area is 77.1 Å². The molecule has 0 fully saturated rings. The van der Waals surface area contributed by atoms with Gasteiger partial charge in [-0.05, 0) is 6.07 Å². The van der Waals surface area contributed by atoms with Crippen molar-refractivity contribution in [2.75, 3.05) is 5.73 Å². The van der Waals surface area contributed by atoms with Crippen molar-refractivity contribution in [3.8, 4) is 5.88 Å². The Kier molecular flexibility index (Phi) is 1.91. The maximum atomic E-state index is 11.9. The molecular formula is C7H6F2N4O. The number of fused-ring (bicyclic) bond motifs is 1. The lowest BCUT2D eigenvalue weighted by Crippen LogP contribution is -2.06. The monoisotopic (exact) mass is 200 g/mol. The average molecular weight is 200 g/mol. The van der Waals surface area contributed by atoms with E-state index < -0.39 is 6.61 Å². The van der Waals surface area contributed by atoms with Gasteiger partial charge in [0.2, 0.25) is 11.8 Å². The van der Waals surface area contributed by atoms with Crippen molar-refractivity contribution >= 4 is 11.6 Å². The molecule has 0 saturated heterocycles. The lowest BCUT2D eigenvalue weighted by molar-refractivity contribution is -0.0542. The molecular weight excluding hydrogens is 194 g/mol. The Bertz CT molecular complexity index is 456. The van der Waals surface area contributed by atoms with Crippen LogP contribution in [0.25, 0.3) is 5.65 Å². The van der Waals surface area contributed by atoms with Gasteiger partial charge in [0.15, 0.2) is 5.65 Å². The first-order chi connectivity index (χ1) is 6.66. The zero-order valence-electron chi connectivity index (χ0n) is 6.89. The van der Waals surface area contributed by atoms with Crippen molar-refractivity contribution in [3.63, 3.8) is 0 Å². The Morgan fingerprint density at radius 3 is 2.93 bits per heavy atom. The van der Waals surface area contributed by atoms with Gasteiger partial charge in [0, 0.05) is 6.07 Å². The molecule has 0 radical (unpaired) electrons. The third kappa shape index (κ3) is 1.43. The van der Waals surface area contributed by atoms with E-state index in [1.807, 2.05) is 0 Å². The number of halogens is 2. The van der Waals surface area contributed by atoms with E-state index in [2.05, 4.69) is 14.8 Å². The number of nitrogens with zero attached hydrogens (tertiary/aromatic N) is 3. The molecule has 0 atom stereocenters. The summed E-state index contributed by atoms with van der Waals surface area (Å²) in [5, 5.41) is 3.69. The topological polar surface area (TPSA) is 65.4 Å². The van der Waals surface area contributed by atoms with Crippen molar-refractivity contribution in [1.82, 2.24) is 14.6 Å². The fourth-order valence-electron chi connectivity index (χ4n) is 1.08. The second-order valence-corrected chi connectivity index (χ2v) is 2.48. The lowest BCUT2D eigenvalue weighted by atomic mass is 10.5. The van der Waals surface area contributed by atoms with Gasteiger partial charge >= 0.3 is 6.61 Å². The van der Waals surface area contributed by atoms with Crippen molar-refractivity contribution in [3.05, 3.63) is 18.2 Å². The minimum atomic E-state index is -2.90. The van der Waals surface area contributed by atoms with Gasteiger partial charge in [0.05, 0.1) is 0 Å². The van der Waals surface area contributed by atoms with Crippen LogP contribution in [-0.4, -0.2) is 21.2 Å². The smallest absolute Gasteiger partial charge is 0.388 e.